The normalized spacial score (nSPS) is 13.5. The highest BCUT2D eigenvalue weighted by molar-refractivity contribution is 6.07. The molecule has 1 aliphatic heterocycles. The summed E-state index contributed by atoms with van der Waals surface area (Å²) in [6.07, 6.45) is 1.67. The van der Waals surface area contributed by atoms with E-state index in [9.17, 15) is 14.7 Å². The quantitative estimate of drug-likeness (QED) is 0.398. The van der Waals surface area contributed by atoms with Gasteiger partial charge in [-0.25, -0.2) is 10.4 Å². The first-order chi connectivity index (χ1) is 15.0. The molecule has 154 valence electrons. The van der Waals surface area contributed by atoms with E-state index in [-0.39, 0.29) is 11.3 Å². The number of hydrogen-bond donors (Lipinski definition) is 2. The molecule has 0 saturated carbocycles. The number of carbonyl (C=O) groups excluding carboxylic acids is 1. The van der Waals surface area contributed by atoms with Crippen LogP contribution in [0.3, 0.4) is 0 Å². The molecule has 1 aliphatic rings. The Kier molecular flexibility index (Phi) is 4.51. The highest BCUT2D eigenvalue weighted by atomic mass is 16.3. The maximum absolute atomic E-state index is 12.6. The first-order valence-electron chi connectivity index (χ1n) is 10.1. The van der Waals surface area contributed by atoms with Crippen LogP contribution in [0.25, 0.3) is 21.7 Å². The van der Waals surface area contributed by atoms with E-state index in [1.165, 1.54) is 0 Å². The number of aromatic hydroxyl groups is 1. The Morgan fingerprint density at radius 3 is 2.84 bits per heavy atom. The van der Waals surface area contributed by atoms with E-state index in [4.69, 9.17) is 0 Å². The summed E-state index contributed by atoms with van der Waals surface area (Å²) in [4.78, 5) is 29.8. The second-order valence-electron chi connectivity index (χ2n) is 7.64. The number of amides is 1. The second-order valence-corrected chi connectivity index (χ2v) is 7.64. The van der Waals surface area contributed by atoms with E-state index >= 15 is 0 Å². The molecule has 7 nitrogen and oxygen atoms in total. The lowest BCUT2D eigenvalue weighted by molar-refractivity contribution is 0.0955. The van der Waals surface area contributed by atoms with E-state index in [1.807, 2.05) is 30.3 Å². The number of fused-ring (bicyclic) bond motifs is 3. The van der Waals surface area contributed by atoms with E-state index in [0.29, 0.717) is 34.3 Å². The zero-order valence-corrected chi connectivity index (χ0v) is 16.9. The van der Waals surface area contributed by atoms with Crippen LogP contribution < -0.4 is 11.0 Å². The molecule has 0 saturated heterocycles. The monoisotopic (exact) mass is 412 g/mol. The fourth-order valence-electron chi connectivity index (χ4n) is 4.03. The van der Waals surface area contributed by atoms with Gasteiger partial charge in [0, 0.05) is 29.5 Å². The number of hydrazone groups is 1. The van der Waals surface area contributed by atoms with Crippen molar-refractivity contribution in [3.05, 3.63) is 81.9 Å². The zero-order chi connectivity index (χ0) is 21.5. The highest BCUT2D eigenvalue weighted by Crippen LogP contribution is 2.29. The Bertz CT molecular complexity index is 1450. The maximum Gasteiger partial charge on any atom is 0.271 e. The number of phenols is 1. The van der Waals surface area contributed by atoms with Crippen molar-refractivity contribution >= 4 is 33.3 Å². The SMILES string of the molecule is C/C(=N\NC(=O)c1ccc2c(=O)n3c(nc2c1)CCC3)c1ccc2ccccc2c1O. The minimum absolute atomic E-state index is 0.0647. The van der Waals surface area contributed by atoms with Crippen LogP contribution in [0.4, 0.5) is 0 Å². The van der Waals surface area contributed by atoms with Gasteiger partial charge in [0.05, 0.1) is 16.6 Å². The average molecular weight is 412 g/mol. The number of aromatic nitrogens is 2. The molecular formula is C24H20N4O3. The van der Waals surface area contributed by atoms with Gasteiger partial charge in [-0.05, 0) is 43.0 Å². The molecule has 31 heavy (non-hydrogen) atoms. The number of rotatable bonds is 3. The first kappa shape index (κ1) is 19.0. The van der Waals surface area contributed by atoms with Gasteiger partial charge in [0.15, 0.2) is 0 Å². The Hall–Kier alpha value is -4.00. The van der Waals surface area contributed by atoms with Gasteiger partial charge in [0.25, 0.3) is 11.5 Å². The summed E-state index contributed by atoms with van der Waals surface area (Å²) < 4.78 is 1.70. The fourth-order valence-corrected chi connectivity index (χ4v) is 4.03. The maximum atomic E-state index is 12.6. The van der Waals surface area contributed by atoms with Crippen LogP contribution in [-0.4, -0.2) is 26.3 Å². The topological polar surface area (TPSA) is 96.6 Å². The van der Waals surface area contributed by atoms with Crippen molar-refractivity contribution in [2.24, 2.45) is 5.10 Å². The third-order valence-electron chi connectivity index (χ3n) is 5.69. The van der Waals surface area contributed by atoms with Gasteiger partial charge in [-0.2, -0.15) is 5.10 Å². The molecule has 0 fully saturated rings. The average Bonchev–Trinajstić information content (AvgIpc) is 3.26. The van der Waals surface area contributed by atoms with Gasteiger partial charge in [-0.3, -0.25) is 14.2 Å². The van der Waals surface area contributed by atoms with Gasteiger partial charge < -0.3 is 5.11 Å². The summed E-state index contributed by atoms with van der Waals surface area (Å²) in [5, 5.41) is 16.9. The summed E-state index contributed by atoms with van der Waals surface area (Å²) in [6.45, 7) is 2.41. The van der Waals surface area contributed by atoms with E-state index < -0.39 is 5.91 Å². The third kappa shape index (κ3) is 3.24. The second kappa shape index (κ2) is 7.36. The number of aryl methyl sites for hydroxylation is 1. The predicted octanol–water partition coefficient (Wildman–Crippen LogP) is 3.36. The minimum atomic E-state index is -0.413. The number of benzene rings is 3. The fraction of sp³-hybridized carbons (Fsp3) is 0.167. The molecule has 2 N–H and O–H groups in total. The lowest BCUT2D eigenvalue weighted by Crippen LogP contribution is -2.22. The largest absolute Gasteiger partial charge is 0.507 e. The molecule has 2 heterocycles. The minimum Gasteiger partial charge on any atom is -0.507 e. The van der Waals surface area contributed by atoms with Crippen molar-refractivity contribution in [3.8, 4) is 5.75 Å². The van der Waals surface area contributed by atoms with Gasteiger partial charge in [0.1, 0.15) is 11.6 Å². The summed E-state index contributed by atoms with van der Waals surface area (Å²) in [5.41, 5.74) is 4.36. The number of nitrogens with one attached hydrogen (secondary N) is 1. The van der Waals surface area contributed by atoms with Crippen LogP contribution in [0.2, 0.25) is 0 Å². The lowest BCUT2D eigenvalue weighted by Gasteiger charge is -2.09. The highest BCUT2D eigenvalue weighted by Gasteiger charge is 2.17. The molecule has 0 unspecified atom stereocenters. The van der Waals surface area contributed by atoms with Crippen molar-refractivity contribution in [2.45, 2.75) is 26.3 Å². The molecule has 4 aromatic rings. The molecule has 1 amide bonds. The molecule has 0 atom stereocenters. The smallest absolute Gasteiger partial charge is 0.271 e. The molecule has 0 aliphatic carbocycles. The van der Waals surface area contributed by atoms with Crippen molar-refractivity contribution in [1.82, 2.24) is 15.0 Å². The van der Waals surface area contributed by atoms with Crippen molar-refractivity contribution in [2.75, 3.05) is 0 Å². The zero-order valence-electron chi connectivity index (χ0n) is 16.9. The number of carbonyl (C=O) groups is 1. The Labute approximate surface area is 177 Å². The van der Waals surface area contributed by atoms with E-state index in [1.54, 1.807) is 35.8 Å². The molecule has 0 spiro atoms. The number of phenolic OH excluding ortho intramolecular Hbond substituents is 1. The summed E-state index contributed by atoms with van der Waals surface area (Å²) in [7, 11) is 0. The molecular weight excluding hydrogens is 392 g/mol. The van der Waals surface area contributed by atoms with Crippen LogP contribution in [0, 0.1) is 0 Å². The van der Waals surface area contributed by atoms with E-state index in [0.717, 1.165) is 29.4 Å². The number of nitrogens with zero attached hydrogens (tertiary/aromatic N) is 3. The van der Waals surface area contributed by atoms with Crippen molar-refractivity contribution in [1.29, 1.82) is 0 Å². The first-order valence-corrected chi connectivity index (χ1v) is 10.1. The van der Waals surface area contributed by atoms with Gasteiger partial charge in [-0.1, -0.05) is 30.3 Å². The Balaban J connectivity index is 1.43. The Morgan fingerprint density at radius 1 is 1.13 bits per heavy atom. The Morgan fingerprint density at radius 2 is 1.97 bits per heavy atom. The predicted molar refractivity (Wildman–Crippen MR) is 120 cm³/mol. The molecule has 1 aromatic heterocycles. The van der Waals surface area contributed by atoms with Crippen LogP contribution in [0.5, 0.6) is 5.75 Å². The summed E-state index contributed by atoms with van der Waals surface area (Å²) in [5.74, 6) is 0.470. The van der Waals surface area contributed by atoms with Crippen molar-refractivity contribution < 1.29 is 9.90 Å². The van der Waals surface area contributed by atoms with Crippen molar-refractivity contribution in [3.63, 3.8) is 0 Å². The van der Waals surface area contributed by atoms with Crippen LogP contribution in [-0.2, 0) is 13.0 Å². The van der Waals surface area contributed by atoms with Gasteiger partial charge in [-0.15, -0.1) is 0 Å². The van der Waals surface area contributed by atoms with Crippen LogP contribution in [0.1, 0.15) is 35.1 Å². The van der Waals surface area contributed by atoms with Crippen LogP contribution >= 0.6 is 0 Å². The molecule has 5 rings (SSSR count). The van der Waals surface area contributed by atoms with Gasteiger partial charge in [0.2, 0.25) is 0 Å². The molecule has 0 radical (unpaired) electrons. The summed E-state index contributed by atoms with van der Waals surface area (Å²) in [6, 6.07) is 16.0. The van der Waals surface area contributed by atoms with Gasteiger partial charge >= 0.3 is 0 Å². The standard InChI is InChI=1S/C24H20N4O3/c1-14(17-10-8-15-5-2-3-6-18(15)22(17)29)26-27-23(30)16-9-11-19-20(13-16)25-21-7-4-12-28(21)24(19)31/h2-3,5-6,8-11,13,29H,4,7,12H2,1H3,(H,27,30)/b26-14+. The number of hydrogen-bond acceptors (Lipinski definition) is 5. The molecule has 7 heteroatoms. The lowest BCUT2D eigenvalue weighted by atomic mass is 10.0. The van der Waals surface area contributed by atoms with Crippen LogP contribution in [0.15, 0.2) is 64.5 Å². The third-order valence-corrected chi connectivity index (χ3v) is 5.69. The molecule has 0 bridgehead atoms. The summed E-state index contributed by atoms with van der Waals surface area (Å²) >= 11 is 0. The molecule has 3 aromatic carbocycles. The van der Waals surface area contributed by atoms with E-state index in [2.05, 4.69) is 15.5 Å².